The first-order chi connectivity index (χ1) is 7.79. The molecule has 0 N–H and O–H groups in total. The van der Waals surface area contributed by atoms with E-state index in [1.807, 2.05) is 13.8 Å². The van der Waals surface area contributed by atoms with Crippen LogP contribution in [0.2, 0.25) is 0 Å². The van der Waals surface area contributed by atoms with Crippen LogP contribution in [0.25, 0.3) is 0 Å². The Balaban J connectivity index is 0.000000606. The maximum Gasteiger partial charge on any atom is -0.0273 e. The molecule has 0 radical (unpaired) electrons. The van der Waals surface area contributed by atoms with E-state index in [1.165, 1.54) is 37.7 Å². The van der Waals surface area contributed by atoms with Gasteiger partial charge in [-0.25, -0.2) is 0 Å². The monoisotopic (exact) mass is 218 g/mol. The lowest BCUT2D eigenvalue weighted by atomic mass is 9.97. The van der Waals surface area contributed by atoms with Crippen molar-refractivity contribution in [2.24, 2.45) is 5.92 Å². The second-order valence-corrected chi connectivity index (χ2v) is 4.62. The predicted molar refractivity (Wildman–Crippen MR) is 73.0 cm³/mol. The second-order valence-electron chi connectivity index (χ2n) is 4.62. The van der Waals surface area contributed by atoms with Gasteiger partial charge in [-0.05, 0) is 49.7 Å². The van der Waals surface area contributed by atoms with Gasteiger partial charge in [0.05, 0.1) is 0 Å². The summed E-state index contributed by atoms with van der Waals surface area (Å²) in [4.78, 5) is 0. The van der Waals surface area contributed by atoms with Crippen molar-refractivity contribution >= 4 is 0 Å². The van der Waals surface area contributed by atoms with Gasteiger partial charge in [0.2, 0.25) is 0 Å². The molecule has 1 aromatic carbocycles. The summed E-state index contributed by atoms with van der Waals surface area (Å²) < 4.78 is 0. The highest BCUT2D eigenvalue weighted by Gasteiger charge is 2.14. The minimum Gasteiger partial charge on any atom is -0.0683 e. The van der Waals surface area contributed by atoms with Gasteiger partial charge in [0.25, 0.3) is 0 Å². The normalized spacial score (nSPS) is 19.1. The van der Waals surface area contributed by atoms with Crippen LogP contribution in [0.4, 0.5) is 0 Å². The molecule has 1 aliphatic rings. The topological polar surface area (TPSA) is 0 Å². The average Bonchev–Trinajstić information content (AvgIpc) is 2.53. The van der Waals surface area contributed by atoms with Gasteiger partial charge in [0.15, 0.2) is 0 Å². The summed E-state index contributed by atoms with van der Waals surface area (Å²) in [7, 11) is 0. The van der Waals surface area contributed by atoms with Gasteiger partial charge in [-0.3, -0.25) is 0 Å². The zero-order chi connectivity index (χ0) is 12.0. The minimum atomic E-state index is 0.961. The Kier molecular flexibility index (Phi) is 5.59. The Bertz CT molecular complexity index is 312. The van der Waals surface area contributed by atoms with Gasteiger partial charge in [0, 0.05) is 0 Å². The molecule has 0 saturated heterocycles. The Morgan fingerprint density at radius 3 is 2.31 bits per heavy atom. The van der Waals surface area contributed by atoms with Crippen molar-refractivity contribution in [2.75, 3.05) is 0 Å². The fourth-order valence-electron chi connectivity index (χ4n) is 2.50. The highest BCUT2D eigenvalue weighted by Crippen LogP contribution is 2.26. The molecular weight excluding hydrogens is 192 g/mol. The Morgan fingerprint density at radius 2 is 1.69 bits per heavy atom. The predicted octanol–water partition coefficient (Wildman–Crippen LogP) is 4.93. The first-order valence-corrected chi connectivity index (χ1v) is 6.88. The van der Waals surface area contributed by atoms with Crippen LogP contribution in [0, 0.1) is 12.8 Å². The van der Waals surface area contributed by atoms with Crippen LogP contribution in [-0.4, -0.2) is 0 Å². The first-order valence-electron chi connectivity index (χ1n) is 6.88. The zero-order valence-electron chi connectivity index (χ0n) is 11.3. The number of benzene rings is 1. The van der Waals surface area contributed by atoms with Crippen LogP contribution >= 0.6 is 0 Å². The van der Waals surface area contributed by atoms with E-state index >= 15 is 0 Å². The molecule has 0 fully saturated rings. The number of aryl methyl sites for hydroxylation is 3. The molecule has 0 amide bonds. The fourth-order valence-corrected chi connectivity index (χ4v) is 2.50. The van der Waals surface area contributed by atoms with E-state index in [0.717, 1.165) is 5.92 Å². The van der Waals surface area contributed by atoms with E-state index in [4.69, 9.17) is 0 Å². The molecule has 0 bridgehead atoms. The van der Waals surface area contributed by atoms with Crippen molar-refractivity contribution in [2.45, 2.75) is 59.8 Å². The number of rotatable bonds is 1. The van der Waals surface area contributed by atoms with Gasteiger partial charge in [-0.2, -0.15) is 0 Å². The van der Waals surface area contributed by atoms with Crippen molar-refractivity contribution in [3.8, 4) is 0 Å². The molecule has 16 heavy (non-hydrogen) atoms. The van der Waals surface area contributed by atoms with Crippen LogP contribution in [0.1, 0.15) is 56.7 Å². The van der Waals surface area contributed by atoms with E-state index in [2.05, 4.69) is 32.0 Å². The smallest absolute Gasteiger partial charge is 0.0273 e. The lowest BCUT2D eigenvalue weighted by Crippen LogP contribution is -1.97. The molecule has 2 rings (SSSR count). The van der Waals surface area contributed by atoms with Gasteiger partial charge in [0.1, 0.15) is 0 Å². The Morgan fingerprint density at radius 1 is 1.06 bits per heavy atom. The molecule has 0 aromatic heterocycles. The van der Waals surface area contributed by atoms with Crippen molar-refractivity contribution in [3.63, 3.8) is 0 Å². The van der Waals surface area contributed by atoms with Gasteiger partial charge >= 0.3 is 0 Å². The van der Waals surface area contributed by atoms with Gasteiger partial charge < -0.3 is 0 Å². The summed E-state index contributed by atoms with van der Waals surface area (Å²) in [5.74, 6) is 0.961. The van der Waals surface area contributed by atoms with Crippen molar-refractivity contribution in [1.82, 2.24) is 0 Å². The van der Waals surface area contributed by atoms with E-state index in [9.17, 15) is 0 Å². The molecule has 90 valence electrons. The lowest BCUT2D eigenvalue weighted by Gasteiger charge is -2.08. The second kappa shape index (κ2) is 6.73. The van der Waals surface area contributed by atoms with E-state index in [1.54, 1.807) is 11.1 Å². The third kappa shape index (κ3) is 3.37. The molecule has 0 saturated carbocycles. The quantitative estimate of drug-likeness (QED) is 0.586. The third-order valence-electron chi connectivity index (χ3n) is 3.58. The molecule has 0 nitrogen and oxygen atoms in total. The van der Waals surface area contributed by atoms with E-state index < -0.39 is 0 Å². The van der Waals surface area contributed by atoms with Gasteiger partial charge in [-0.15, -0.1) is 0 Å². The van der Waals surface area contributed by atoms with E-state index in [-0.39, 0.29) is 0 Å². The summed E-state index contributed by atoms with van der Waals surface area (Å²) in [6.07, 6.45) is 6.75. The summed E-state index contributed by atoms with van der Waals surface area (Å²) in [6.45, 7) is 8.52. The summed E-state index contributed by atoms with van der Waals surface area (Å²) in [5, 5.41) is 0. The fraction of sp³-hybridized carbons (Fsp3) is 0.625. The Labute approximate surface area is 101 Å². The molecule has 0 heterocycles. The Hall–Kier alpha value is -0.780. The molecule has 1 aromatic rings. The summed E-state index contributed by atoms with van der Waals surface area (Å²) >= 11 is 0. The molecule has 0 heteroatoms. The number of hydrogen-bond acceptors (Lipinski definition) is 0. The summed E-state index contributed by atoms with van der Waals surface area (Å²) in [6, 6.07) is 6.97. The molecule has 1 aliphatic carbocycles. The highest BCUT2D eigenvalue weighted by atomic mass is 14.2. The molecule has 1 atom stereocenters. The van der Waals surface area contributed by atoms with Crippen molar-refractivity contribution in [1.29, 1.82) is 0 Å². The number of hydrogen-bond donors (Lipinski definition) is 0. The van der Waals surface area contributed by atoms with Crippen LogP contribution in [-0.2, 0) is 12.8 Å². The SMILES string of the molecule is CC.CCC1CCc2ccc(C)cc2CC1. The lowest BCUT2D eigenvalue weighted by molar-refractivity contribution is 0.450. The van der Waals surface area contributed by atoms with E-state index in [0.29, 0.717) is 0 Å². The van der Waals surface area contributed by atoms with Crippen LogP contribution in [0.5, 0.6) is 0 Å². The van der Waals surface area contributed by atoms with Crippen molar-refractivity contribution < 1.29 is 0 Å². The molecule has 0 spiro atoms. The number of fused-ring (bicyclic) bond motifs is 1. The first kappa shape index (κ1) is 13.3. The van der Waals surface area contributed by atoms with Crippen LogP contribution < -0.4 is 0 Å². The minimum absolute atomic E-state index is 0.961. The average molecular weight is 218 g/mol. The highest BCUT2D eigenvalue weighted by molar-refractivity contribution is 5.32. The zero-order valence-corrected chi connectivity index (χ0v) is 11.3. The van der Waals surface area contributed by atoms with Crippen LogP contribution in [0.3, 0.4) is 0 Å². The van der Waals surface area contributed by atoms with Gasteiger partial charge in [-0.1, -0.05) is 51.0 Å². The summed E-state index contributed by atoms with van der Waals surface area (Å²) in [5.41, 5.74) is 4.63. The standard InChI is InChI=1S/C14H20.C2H6/c1-3-12-5-8-13-7-4-11(2)10-14(13)9-6-12;1-2/h4,7,10,12H,3,5-6,8-9H2,1-2H3;1-2H3. The molecule has 1 unspecified atom stereocenters. The van der Waals surface area contributed by atoms with Crippen molar-refractivity contribution in [3.05, 3.63) is 34.9 Å². The maximum absolute atomic E-state index is 2.38. The molecular formula is C16H26. The largest absolute Gasteiger partial charge is 0.0683 e. The molecule has 0 aliphatic heterocycles. The maximum atomic E-state index is 2.38. The third-order valence-corrected chi connectivity index (χ3v) is 3.58. The van der Waals surface area contributed by atoms with Crippen LogP contribution in [0.15, 0.2) is 18.2 Å².